The first-order valence-corrected chi connectivity index (χ1v) is 16.4. The third kappa shape index (κ3) is 7.43. The number of aromatic amines is 1. The van der Waals surface area contributed by atoms with Crippen molar-refractivity contribution >= 4 is 17.0 Å². The summed E-state index contributed by atoms with van der Waals surface area (Å²) < 4.78 is 11.3. The van der Waals surface area contributed by atoms with E-state index in [1.165, 1.54) is 52.4 Å². The number of benzene rings is 2. The van der Waals surface area contributed by atoms with Gasteiger partial charge in [-0.25, -0.2) is 4.79 Å². The van der Waals surface area contributed by atoms with Gasteiger partial charge in [-0.2, -0.15) is 0 Å². The Hall–Kier alpha value is -3.45. The average Bonchev–Trinajstić information content (AvgIpc) is 3.56. The third-order valence-corrected chi connectivity index (χ3v) is 9.48. The standard InChI is InChI=1S/C21H30O2.C16H21N3O2/c1-5-6-7-8-15-12-18(22)20-16-11-14(2)9-10-17(16)21(3,4)23-19(20)13-15;1-19(2)6-5-12-9-17-15-4-3-11(8-14(12)15)7-13-10-21-16(20)18-13/h11-13,16-17,22H,5-10H2,1-4H3;3-4,8-9,13,17H,5-7,10H2,1-2H3,(H,18,20)/t16-,17-;13-/m10/s1. The van der Waals surface area contributed by atoms with Gasteiger partial charge in [0.05, 0.1) is 6.04 Å². The Balaban J connectivity index is 0.000000175. The van der Waals surface area contributed by atoms with Gasteiger partial charge in [-0.05, 0) is 114 Å². The van der Waals surface area contributed by atoms with Gasteiger partial charge in [0.1, 0.15) is 23.7 Å². The molecule has 0 radical (unpaired) electrons. The lowest BCUT2D eigenvalue weighted by Crippen LogP contribution is -2.45. The van der Waals surface area contributed by atoms with Gasteiger partial charge in [0.15, 0.2) is 0 Å². The van der Waals surface area contributed by atoms with Crippen molar-refractivity contribution in [1.29, 1.82) is 0 Å². The largest absolute Gasteiger partial charge is 0.507 e. The second-order valence-electron chi connectivity index (χ2n) is 13.8. The molecule has 7 nitrogen and oxygen atoms in total. The second-order valence-corrected chi connectivity index (χ2v) is 13.8. The second kappa shape index (κ2) is 13.7. The summed E-state index contributed by atoms with van der Waals surface area (Å²) in [4.78, 5) is 16.6. The zero-order chi connectivity index (χ0) is 31.4. The van der Waals surface area contributed by atoms with Crippen molar-refractivity contribution < 1.29 is 19.4 Å². The lowest BCUT2D eigenvalue weighted by atomic mass is 9.68. The van der Waals surface area contributed by atoms with Gasteiger partial charge in [-0.3, -0.25) is 0 Å². The fourth-order valence-electron chi connectivity index (χ4n) is 7.03. The number of unbranched alkanes of at least 4 members (excludes halogenated alkanes) is 2. The van der Waals surface area contributed by atoms with Crippen molar-refractivity contribution in [2.75, 3.05) is 27.2 Å². The molecule has 0 saturated carbocycles. The van der Waals surface area contributed by atoms with Crippen molar-refractivity contribution in [1.82, 2.24) is 15.2 Å². The van der Waals surface area contributed by atoms with E-state index < -0.39 is 0 Å². The molecule has 3 aromatic rings. The Labute approximate surface area is 263 Å². The number of aryl methyl sites for hydroxylation is 1. The van der Waals surface area contributed by atoms with Crippen LogP contribution in [-0.2, 0) is 24.0 Å². The molecule has 0 spiro atoms. The smallest absolute Gasteiger partial charge is 0.407 e. The van der Waals surface area contributed by atoms with Gasteiger partial charge in [-0.15, -0.1) is 0 Å². The Morgan fingerprint density at radius 2 is 1.91 bits per heavy atom. The summed E-state index contributed by atoms with van der Waals surface area (Å²) in [6.45, 7) is 10.3. The number of hydrogen-bond acceptors (Lipinski definition) is 5. The summed E-state index contributed by atoms with van der Waals surface area (Å²) in [5, 5.41) is 14.8. The number of carbonyl (C=O) groups excluding carboxylic acids is 1. The van der Waals surface area contributed by atoms with Crippen LogP contribution in [0.2, 0.25) is 0 Å². The van der Waals surface area contributed by atoms with Crippen LogP contribution in [0.15, 0.2) is 48.2 Å². The zero-order valence-corrected chi connectivity index (χ0v) is 27.5. The van der Waals surface area contributed by atoms with E-state index >= 15 is 0 Å². The molecule has 1 aliphatic carbocycles. The molecule has 238 valence electrons. The van der Waals surface area contributed by atoms with E-state index in [0.29, 0.717) is 18.3 Å². The predicted molar refractivity (Wildman–Crippen MR) is 178 cm³/mol. The molecule has 1 aromatic heterocycles. The summed E-state index contributed by atoms with van der Waals surface area (Å²) in [5.41, 5.74) is 7.19. The maximum absolute atomic E-state index is 11.1. The molecule has 1 saturated heterocycles. The maximum atomic E-state index is 11.1. The number of phenols is 1. The number of H-pyrrole nitrogens is 1. The number of aromatic nitrogens is 1. The molecule has 6 rings (SSSR count). The summed E-state index contributed by atoms with van der Waals surface area (Å²) in [7, 11) is 4.17. The number of allylic oxidation sites excluding steroid dienone is 2. The highest BCUT2D eigenvalue weighted by Gasteiger charge is 2.45. The third-order valence-electron chi connectivity index (χ3n) is 9.48. The molecular weight excluding hydrogens is 550 g/mol. The Kier molecular flexibility index (Phi) is 9.94. The molecule has 3 aliphatic rings. The van der Waals surface area contributed by atoms with E-state index in [0.717, 1.165) is 50.0 Å². The summed E-state index contributed by atoms with van der Waals surface area (Å²) in [5.74, 6) is 2.04. The molecule has 44 heavy (non-hydrogen) atoms. The van der Waals surface area contributed by atoms with Crippen molar-refractivity contribution in [3.8, 4) is 11.5 Å². The first-order valence-electron chi connectivity index (χ1n) is 16.4. The summed E-state index contributed by atoms with van der Waals surface area (Å²) in [6.07, 6.45) is 12.9. The Morgan fingerprint density at radius 1 is 1.09 bits per heavy atom. The number of nitrogens with zero attached hydrogens (tertiary/aromatic N) is 1. The number of alkyl carbamates (subject to hydrolysis) is 1. The van der Waals surface area contributed by atoms with E-state index in [9.17, 15) is 9.90 Å². The van der Waals surface area contributed by atoms with Crippen molar-refractivity contribution in [3.63, 3.8) is 0 Å². The van der Waals surface area contributed by atoms with Crippen LogP contribution in [0.25, 0.3) is 10.9 Å². The van der Waals surface area contributed by atoms with E-state index in [1.807, 2.05) is 6.07 Å². The Bertz CT molecular complexity index is 1490. The van der Waals surface area contributed by atoms with Crippen LogP contribution < -0.4 is 10.1 Å². The number of nitrogens with one attached hydrogen (secondary N) is 2. The number of carbonyl (C=O) groups is 1. The minimum Gasteiger partial charge on any atom is -0.507 e. The monoisotopic (exact) mass is 601 g/mol. The molecule has 3 atom stereocenters. The number of rotatable bonds is 9. The molecule has 0 bridgehead atoms. The number of fused-ring (bicyclic) bond motifs is 4. The van der Waals surface area contributed by atoms with Crippen LogP contribution in [0.1, 0.15) is 88.0 Å². The van der Waals surface area contributed by atoms with E-state index in [-0.39, 0.29) is 23.7 Å². The number of aromatic hydroxyl groups is 1. The zero-order valence-electron chi connectivity index (χ0n) is 27.5. The van der Waals surface area contributed by atoms with Crippen molar-refractivity contribution in [2.24, 2.45) is 5.92 Å². The van der Waals surface area contributed by atoms with Gasteiger partial charge in [-0.1, -0.05) is 37.5 Å². The van der Waals surface area contributed by atoms with Crippen molar-refractivity contribution in [2.45, 2.75) is 96.6 Å². The van der Waals surface area contributed by atoms with Gasteiger partial charge in [0.2, 0.25) is 0 Å². The quantitative estimate of drug-likeness (QED) is 0.173. The number of phenolic OH excluding ortho intramolecular Hbond substituents is 1. The van der Waals surface area contributed by atoms with Crippen LogP contribution in [0.5, 0.6) is 11.5 Å². The molecule has 2 aliphatic heterocycles. The highest BCUT2D eigenvalue weighted by molar-refractivity contribution is 5.84. The molecule has 2 aromatic carbocycles. The first kappa shape index (κ1) is 32.0. The first-order chi connectivity index (χ1) is 21.0. The highest BCUT2D eigenvalue weighted by Crippen LogP contribution is 2.53. The minimum atomic E-state index is -0.311. The number of ether oxygens (including phenoxy) is 2. The van der Waals surface area contributed by atoms with Crippen molar-refractivity contribution in [3.05, 3.63) is 70.4 Å². The lowest BCUT2D eigenvalue weighted by Gasteiger charge is -2.46. The minimum absolute atomic E-state index is 0.0825. The predicted octanol–water partition coefficient (Wildman–Crippen LogP) is 7.66. The topological polar surface area (TPSA) is 86.8 Å². The van der Waals surface area contributed by atoms with Crippen LogP contribution in [0, 0.1) is 5.92 Å². The van der Waals surface area contributed by atoms with Crippen LogP contribution in [0.4, 0.5) is 4.79 Å². The van der Waals surface area contributed by atoms with Gasteiger partial charge < -0.3 is 29.8 Å². The van der Waals surface area contributed by atoms with Gasteiger partial charge in [0.25, 0.3) is 0 Å². The van der Waals surface area contributed by atoms with E-state index in [1.54, 1.807) is 0 Å². The van der Waals surface area contributed by atoms with E-state index in [2.05, 4.69) is 93.5 Å². The highest BCUT2D eigenvalue weighted by atomic mass is 16.6. The molecule has 0 unspecified atom stereocenters. The number of hydrogen-bond donors (Lipinski definition) is 3. The summed E-state index contributed by atoms with van der Waals surface area (Å²) >= 11 is 0. The van der Waals surface area contributed by atoms with Crippen LogP contribution in [0.3, 0.4) is 0 Å². The lowest BCUT2D eigenvalue weighted by molar-refractivity contribution is 0.0107. The molecule has 3 N–H and O–H groups in total. The summed E-state index contributed by atoms with van der Waals surface area (Å²) in [6, 6.07) is 10.7. The SMILES string of the molecule is CCCCCc1cc(O)c2c(c1)OC(C)(C)[C@@H]1CCC(C)=C[C@@H]21.CN(C)CCc1c[nH]c2ccc(C[C@H]3COC(=O)N3)cc12. The fraction of sp³-hybridized carbons (Fsp3) is 0.541. The molecule has 1 fully saturated rings. The average molecular weight is 602 g/mol. The fourth-order valence-corrected chi connectivity index (χ4v) is 7.03. The molecule has 1 amide bonds. The molecular formula is C37H51N3O4. The van der Waals surface area contributed by atoms with Gasteiger partial charge in [0, 0.05) is 41.0 Å². The van der Waals surface area contributed by atoms with Crippen LogP contribution in [-0.4, -0.2) is 60.0 Å². The number of amides is 1. The Morgan fingerprint density at radius 3 is 2.64 bits per heavy atom. The van der Waals surface area contributed by atoms with Gasteiger partial charge >= 0.3 is 6.09 Å². The maximum Gasteiger partial charge on any atom is 0.407 e. The normalized spacial score (nSPS) is 21.8. The molecule has 7 heteroatoms. The molecule has 3 heterocycles. The number of cyclic esters (lactones) is 1. The number of likely N-dealkylation sites (N-methyl/N-ethyl adjacent to an activating group) is 1. The van der Waals surface area contributed by atoms with E-state index in [4.69, 9.17) is 9.47 Å². The van der Waals surface area contributed by atoms with Crippen LogP contribution >= 0.6 is 0 Å².